The van der Waals surface area contributed by atoms with Crippen LogP contribution in [0.2, 0.25) is 0 Å². The molecule has 1 aromatic heterocycles. The first-order valence-corrected chi connectivity index (χ1v) is 10.9. The topological polar surface area (TPSA) is 62.3 Å². The van der Waals surface area contributed by atoms with Gasteiger partial charge in [0.2, 0.25) is 11.8 Å². The highest BCUT2D eigenvalue weighted by Crippen LogP contribution is 2.29. The van der Waals surface area contributed by atoms with Gasteiger partial charge in [0.25, 0.3) is 0 Å². The van der Waals surface area contributed by atoms with E-state index in [1.807, 2.05) is 90.3 Å². The second-order valence-electron chi connectivity index (χ2n) is 6.98. The molecule has 0 atom stereocenters. The van der Waals surface area contributed by atoms with Crippen molar-refractivity contribution in [1.82, 2.24) is 4.98 Å². The maximum absolute atomic E-state index is 12.6. The molecule has 0 saturated heterocycles. The van der Waals surface area contributed by atoms with Crippen molar-refractivity contribution >= 4 is 45.7 Å². The van der Waals surface area contributed by atoms with Crippen LogP contribution in [0.3, 0.4) is 0 Å². The molecule has 0 fully saturated rings. The van der Waals surface area contributed by atoms with E-state index in [2.05, 4.69) is 10.3 Å². The highest BCUT2D eigenvalue weighted by atomic mass is 32.1. The molecule has 0 aliphatic rings. The number of amides is 2. The van der Waals surface area contributed by atoms with E-state index in [0.29, 0.717) is 10.8 Å². The summed E-state index contributed by atoms with van der Waals surface area (Å²) in [6.07, 6.45) is 3.09. The quantitative estimate of drug-likeness (QED) is 0.367. The predicted molar refractivity (Wildman–Crippen MR) is 131 cm³/mol. The van der Waals surface area contributed by atoms with Gasteiger partial charge in [-0.15, -0.1) is 11.3 Å². The monoisotopic (exact) mass is 439 g/mol. The molecule has 0 unspecified atom stereocenters. The molecule has 4 aromatic rings. The number of para-hydroxylation sites is 2. The molecule has 0 spiro atoms. The average Bonchev–Trinajstić information content (AvgIpc) is 3.27. The standard InChI is InChI=1S/C26H21N3O2S/c1-19(30)29(22-12-6-3-7-13-22)26-27-21(18-32-26)16-17-25(31)28-24-15-9-8-14-23(24)20-10-4-2-5-11-20/h2-18H,1H3,(H,28,31)/b17-16+. The fraction of sp³-hybridized carbons (Fsp3) is 0.0385. The fourth-order valence-corrected chi connectivity index (χ4v) is 4.11. The van der Waals surface area contributed by atoms with E-state index in [1.54, 1.807) is 11.0 Å². The molecule has 1 heterocycles. The van der Waals surface area contributed by atoms with Crippen molar-refractivity contribution in [2.75, 3.05) is 10.2 Å². The summed E-state index contributed by atoms with van der Waals surface area (Å²) in [6, 6.07) is 26.9. The number of hydrogen-bond acceptors (Lipinski definition) is 4. The Labute approximate surface area is 190 Å². The first kappa shape index (κ1) is 21.2. The third-order valence-electron chi connectivity index (χ3n) is 4.71. The maximum Gasteiger partial charge on any atom is 0.248 e. The zero-order chi connectivity index (χ0) is 22.3. The van der Waals surface area contributed by atoms with Crippen molar-refractivity contribution in [3.8, 4) is 11.1 Å². The Hall–Kier alpha value is -4.03. The second kappa shape index (κ2) is 9.85. The average molecular weight is 440 g/mol. The number of hydrogen-bond donors (Lipinski definition) is 1. The molecule has 1 N–H and O–H groups in total. The molecule has 3 aromatic carbocycles. The van der Waals surface area contributed by atoms with Crippen LogP contribution in [0.15, 0.2) is 96.4 Å². The van der Waals surface area contributed by atoms with Gasteiger partial charge in [-0.05, 0) is 29.8 Å². The van der Waals surface area contributed by atoms with Crippen LogP contribution in [0.1, 0.15) is 12.6 Å². The van der Waals surface area contributed by atoms with E-state index in [4.69, 9.17) is 0 Å². The Bertz CT molecular complexity index is 1250. The van der Waals surface area contributed by atoms with Crippen molar-refractivity contribution in [3.05, 3.63) is 102 Å². The van der Waals surface area contributed by atoms with Gasteiger partial charge < -0.3 is 5.32 Å². The molecule has 0 bridgehead atoms. The zero-order valence-corrected chi connectivity index (χ0v) is 18.3. The molecule has 6 heteroatoms. The number of anilines is 3. The Morgan fingerprint density at radius 2 is 1.56 bits per heavy atom. The largest absolute Gasteiger partial charge is 0.322 e. The van der Waals surface area contributed by atoms with Crippen molar-refractivity contribution < 1.29 is 9.59 Å². The minimum atomic E-state index is -0.255. The molecule has 0 radical (unpaired) electrons. The number of rotatable bonds is 6. The summed E-state index contributed by atoms with van der Waals surface area (Å²) in [5, 5.41) is 5.31. The number of benzene rings is 3. The van der Waals surface area contributed by atoms with Gasteiger partial charge in [0.05, 0.1) is 11.4 Å². The molecular weight excluding hydrogens is 418 g/mol. The van der Waals surface area contributed by atoms with E-state index >= 15 is 0 Å². The molecular formula is C26H21N3O2S. The van der Waals surface area contributed by atoms with Crippen LogP contribution in [0.5, 0.6) is 0 Å². The Kier molecular flexibility index (Phi) is 6.53. The van der Waals surface area contributed by atoms with Crippen LogP contribution >= 0.6 is 11.3 Å². The van der Waals surface area contributed by atoms with E-state index in [-0.39, 0.29) is 11.8 Å². The SMILES string of the molecule is CC(=O)N(c1ccccc1)c1nc(/C=C/C(=O)Nc2ccccc2-c2ccccc2)cs1. The van der Waals surface area contributed by atoms with Crippen molar-refractivity contribution in [3.63, 3.8) is 0 Å². The lowest BCUT2D eigenvalue weighted by Crippen LogP contribution is -2.22. The predicted octanol–water partition coefficient (Wildman–Crippen LogP) is 6.15. The first-order valence-electron chi connectivity index (χ1n) is 10.1. The van der Waals surface area contributed by atoms with Gasteiger partial charge in [0.15, 0.2) is 5.13 Å². The van der Waals surface area contributed by atoms with E-state index in [1.165, 1.54) is 24.3 Å². The zero-order valence-electron chi connectivity index (χ0n) is 17.4. The fourth-order valence-electron chi connectivity index (χ4n) is 3.26. The molecule has 0 saturated carbocycles. The Morgan fingerprint density at radius 1 is 0.906 bits per heavy atom. The molecule has 0 aliphatic carbocycles. The van der Waals surface area contributed by atoms with Gasteiger partial charge in [-0.3, -0.25) is 14.5 Å². The molecule has 2 amide bonds. The number of nitrogens with zero attached hydrogens (tertiary/aromatic N) is 2. The summed E-state index contributed by atoms with van der Waals surface area (Å²) in [5.41, 5.74) is 4.07. The summed E-state index contributed by atoms with van der Waals surface area (Å²) in [6.45, 7) is 1.50. The summed E-state index contributed by atoms with van der Waals surface area (Å²) in [5.74, 6) is -0.384. The highest BCUT2D eigenvalue weighted by molar-refractivity contribution is 7.14. The summed E-state index contributed by atoms with van der Waals surface area (Å²) in [4.78, 5) is 30.8. The lowest BCUT2D eigenvalue weighted by atomic mass is 10.0. The highest BCUT2D eigenvalue weighted by Gasteiger charge is 2.17. The first-order chi connectivity index (χ1) is 15.6. The van der Waals surface area contributed by atoms with Gasteiger partial charge >= 0.3 is 0 Å². The summed E-state index contributed by atoms with van der Waals surface area (Å²) < 4.78 is 0. The molecule has 158 valence electrons. The minimum Gasteiger partial charge on any atom is -0.322 e. The van der Waals surface area contributed by atoms with Crippen LogP contribution in [0, 0.1) is 0 Å². The summed E-state index contributed by atoms with van der Waals surface area (Å²) in [7, 11) is 0. The van der Waals surface area contributed by atoms with Crippen LogP contribution in [-0.2, 0) is 9.59 Å². The van der Waals surface area contributed by atoms with Crippen molar-refractivity contribution in [1.29, 1.82) is 0 Å². The Morgan fingerprint density at radius 3 is 2.28 bits per heavy atom. The molecule has 4 rings (SSSR count). The van der Waals surface area contributed by atoms with Gasteiger partial charge in [-0.2, -0.15) is 0 Å². The maximum atomic E-state index is 12.6. The van der Waals surface area contributed by atoms with Gasteiger partial charge in [0, 0.05) is 29.6 Å². The molecule has 5 nitrogen and oxygen atoms in total. The van der Waals surface area contributed by atoms with E-state index < -0.39 is 0 Å². The normalized spacial score (nSPS) is 10.8. The van der Waals surface area contributed by atoms with Crippen molar-refractivity contribution in [2.45, 2.75) is 6.92 Å². The number of carbonyl (C=O) groups excluding carboxylic acids is 2. The molecule has 32 heavy (non-hydrogen) atoms. The molecule has 0 aliphatic heterocycles. The number of carbonyl (C=O) groups is 2. The number of nitrogens with one attached hydrogen (secondary N) is 1. The van der Waals surface area contributed by atoms with E-state index in [0.717, 1.165) is 22.5 Å². The minimum absolute atomic E-state index is 0.128. The van der Waals surface area contributed by atoms with Gasteiger partial charge in [-0.1, -0.05) is 66.7 Å². The van der Waals surface area contributed by atoms with Gasteiger partial charge in [-0.25, -0.2) is 4.98 Å². The lowest BCUT2D eigenvalue weighted by molar-refractivity contribution is -0.116. The van der Waals surface area contributed by atoms with Crippen LogP contribution in [0.4, 0.5) is 16.5 Å². The van der Waals surface area contributed by atoms with Crippen LogP contribution in [0.25, 0.3) is 17.2 Å². The third kappa shape index (κ3) is 4.99. The number of thiazole rings is 1. The number of aromatic nitrogens is 1. The smallest absolute Gasteiger partial charge is 0.248 e. The van der Waals surface area contributed by atoms with Gasteiger partial charge in [0.1, 0.15) is 0 Å². The summed E-state index contributed by atoms with van der Waals surface area (Å²) >= 11 is 1.35. The van der Waals surface area contributed by atoms with Crippen molar-refractivity contribution in [2.24, 2.45) is 0 Å². The second-order valence-corrected chi connectivity index (χ2v) is 7.82. The third-order valence-corrected chi connectivity index (χ3v) is 5.55. The van der Waals surface area contributed by atoms with E-state index in [9.17, 15) is 9.59 Å². The Balaban J connectivity index is 1.49. The van der Waals surface area contributed by atoms with Crippen LogP contribution < -0.4 is 10.2 Å². The van der Waals surface area contributed by atoms with Crippen LogP contribution in [-0.4, -0.2) is 16.8 Å². The lowest BCUT2D eigenvalue weighted by Gasteiger charge is -2.17.